The van der Waals surface area contributed by atoms with Gasteiger partial charge in [0.25, 0.3) is 0 Å². The zero-order valence-corrected chi connectivity index (χ0v) is 21.7. The van der Waals surface area contributed by atoms with Crippen molar-refractivity contribution >= 4 is 56.2 Å². The molecule has 1 amide bonds. The Kier molecular flexibility index (Phi) is 7.19. The fourth-order valence-corrected chi connectivity index (χ4v) is 5.73. The molecule has 0 spiro atoms. The van der Waals surface area contributed by atoms with Crippen LogP contribution >= 0.6 is 11.6 Å². The van der Waals surface area contributed by atoms with Crippen molar-refractivity contribution in [2.75, 3.05) is 21.7 Å². The van der Waals surface area contributed by atoms with Crippen molar-refractivity contribution in [1.82, 2.24) is 9.97 Å². The van der Waals surface area contributed by atoms with Crippen LogP contribution in [0.25, 0.3) is 0 Å². The van der Waals surface area contributed by atoms with Gasteiger partial charge in [-0.1, -0.05) is 38.4 Å². The summed E-state index contributed by atoms with van der Waals surface area (Å²) >= 11 is 6.27. The number of amides is 1. The van der Waals surface area contributed by atoms with Crippen molar-refractivity contribution < 1.29 is 17.6 Å². The molecule has 0 saturated carbocycles. The molecule has 0 atom stereocenters. The van der Waals surface area contributed by atoms with Crippen LogP contribution in [0.15, 0.2) is 47.5 Å². The molecule has 1 aliphatic heterocycles. The summed E-state index contributed by atoms with van der Waals surface area (Å²) in [7, 11) is -3.72. The smallest absolute Gasteiger partial charge is 0.229 e. The molecular weight excluding hydrogens is 505 g/mol. The van der Waals surface area contributed by atoms with Crippen molar-refractivity contribution in [3.63, 3.8) is 0 Å². The van der Waals surface area contributed by atoms with Gasteiger partial charge >= 0.3 is 0 Å². The second kappa shape index (κ2) is 10.0. The van der Waals surface area contributed by atoms with Crippen LogP contribution in [0.3, 0.4) is 0 Å². The molecule has 0 saturated heterocycles. The van der Waals surface area contributed by atoms with Crippen molar-refractivity contribution in [1.29, 1.82) is 0 Å². The first-order chi connectivity index (χ1) is 17.0. The zero-order chi connectivity index (χ0) is 26.1. The van der Waals surface area contributed by atoms with Gasteiger partial charge in [-0.25, -0.2) is 17.8 Å². The van der Waals surface area contributed by atoms with E-state index in [9.17, 15) is 17.6 Å². The Morgan fingerprint density at radius 1 is 1.19 bits per heavy atom. The van der Waals surface area contributed by atoms with Crippen LogP contribution in [-0.2, 0) is 20.0 Å². The molecule has 0 aliphatic carbocycles. The molecule has 11 heteroatoms. The number of benzene rings is 2. The second-order valence-electron chi connectivity index (χ2n) is 9.26. The Morgan fingerprint density at radius 3 is 2.72 bits per heavy atom. The lowest BCUT2D eigenvalue weighted by Crippen LogP contribution is -2.16. The van der Waals surface area contributed by atoms with Gasteiger partial charge in [0.15, 0.2) is 15.7 Å². The zero-order valence-electron chi connectivity index (χ0n) is 20.2. The number of aromatic nitrogens is 2. The first-order valence-corrected chi connectivity index (χ1v) is 13.6. The van der Waals surface area contributed by atoms with Crippen LogP contribution in [0.1, 0.15) is 45.6 Å². The highest BCUT2D eigenvalue weighted by Crippen LogP contribution is 2.38. The third-order valence-electron chi connectivity index (χ3n) is 6.03. The van der Waals surface area contributed by atoms with E-state index in [1.165, 1.54) is 18.3 Å². The molecule has 0 bridgehead atoms. The SMILES string of the molecule is CCCS(=O)(=O)c1cccc(F)c1Nc1nc(Nc2ccc3c(c2)C(C)(C)CCC(=O)N3)ncc1Cl. The van der Waals surface area contributed by atoms with Crippen molar-refractivity contribution in [3.05, 3.63) is 59.0 Å². The summed E-state index contributed by atoms with van der Waals surface area (Å²) in [6, 6.07) is 9.40. The van der Waals surface area contributed by atoms with Gasteiger partial charge in [0.05, 0.1) is 22.5 Å². The third kappa shape index (κ3) is 5.44. The van der Waals surface area contributed by atoms with Crippen LogP contribution in [0.4, 0.5) is 33.2 Å². The monoisotopic (exact) mass is 531 g/mol. The minimum absolute atomic E-state index is 0.0206. The third-order valence-corrected chi connectivity index (χ3v) is 8.26. The number of anilines is 5. The number of halogens is 2. The maximum atomic E-state index is 14.7. The lowest BCUT2D eigenvalue weighted by atomic mass is 9.80. The first-order valence-electron chi connectivity index (χ1n) is 11.5. The second-order valence-corrected chi connectivity index (χ2v) is 11.7. The molecule has 4 rings (SSSR count). The fraction of sp³-hybridized carbons (Fsp3) is 0.320. The summed E-state index contributed by atoms with van der Waals surface area (Å²) in [5.74, 6) is -0.662. The van der Waals surface area contributed by atoms with Gasteiger partial charge in [-0.3, -0.25) is 4.79 Å². The molecular formula is C25H27ClFN5O3S. The van der Waals surface area contributed by atoms with Crippen molar-refractivity contribution in [2.45, 2.75) is 50.3 Å². The van der Waals surface area contributed by atoms with Crippen LogP contribution < -0.4 is 16.0 Å². The topological polar surface area (TPSA) is 113 Å². The Bertz CT molecular complexity index is 1430. The average molecular weight is 532 g/mol. The highest BCUT2D eigenvalue weighted by atomic mass is 35.5. The van der Waals surface area contributed by atoms with Gasteiger partial charge in [0, 0.05) is 17.8 Å². The van der Waals surface area contributed by atoms with E-state index in [4.69, 9.17) is 11.6 Å². The number of hydrogen-bond donors (Lipinski definition) is 3. The van der Waals surface area contributed by atoms with Crippen molar-refractivity contribution in [3.8, 4) is 0 Å². The number of para-hydroxylation sites is 1. The first kappa shape index (κ1) is 25.8. The quantitative estimate of drug-likeness (QED) is 0.345. The summed E-state index contributed by atoms with van der Waals surface area (Å²) in [5.41, 5.74) is 1.96. The molecule has 190 valence electrons. The normalized spacial score (nSPS) is 15.0. The van der Waals surface area contributed by atoms with Crippen LogP contribution in [0.2, 0.25) is 5.02 Å². The predicted octanol–water partition coefficient (Wildman–Crippen LogP) is 5.95. The summed E-state index contributed by atoms with van der Waals surface area (Å²) < 4.78 is 40.1. The molecule has 3 N–H and O–H groups in total. The molecule has 36 heavy (non-hydrogen) atoms. The lowest BCUT2D eigenvalue weighted by molar-refractivity contribution is -0.116. The van der Waals surface area contributed by atoms with E-state index in [1.807, 2.05) is 12.1 Å². The molecule has 0 unspecified atom stereocenters. The molecule has 8 nitrogen and oxygen atoms in total. The number of nitrogens with one attached hydrogen (secondary N) is 3. The van der Waals surface area contributed by atoms with Crippen LogP contribution in [0.5, 0.6) is 0 Å². The van der Waals surface area contributed by atoms with Gasteiger partial charge < -0.3 is 16.0 Å². The number of fused-ring (bicyclic) bond motifs is 1. The van der Waals surface area contributed by atoms with Gasteiger partial charge in [0.1, 0.15) is 10.8 Å². The average Bonchev–Trinajstić information content (AvgIpc) is 2.92. The largest absolute Gasteiger partial charge is 0.335 e. The maximum absolute atomic E-state index is 14.7. The van der Waals surface area contributed by atoms with E-state index in [2.05, 4.69) is 39.8 Å². The van der Waals surface area contributed by atoms with E-state index < -0.39 is 15.7 Å². The summed E-state index contributed by atoms with van der Waals surface area (Å²) in [6.07, 6.45) is 2.87. The van der Waals surface area contributed by atoms with E-state index in [1.54, 1.807) is 13.0 Å². The number of sulfone groups is 1. The standard InChI is InChI=1S/C25H27ClFN5O3S/c1-4-12-36(34,35)20-7-5-6-18(27)22(20)31-23-17(26)14-28-24(32-23)29-15-8-9-19-16(13-15)25(2,3)11-10-21(33)30-19/h5-9,13-14H,4,10-12H2,1-3H3,(H,30,33)(H2,28,29,31,32). The maximum Gasteiger partial charge on any atom is 0.229 e. The number of carbonyl (C=O) groups is 1. The number of hydrogen-bond acceptors (Lipinski definition) is 7. The van der Waals surface area contributed by atoms with Gasteiger partial charge in [-0.2, -0.15) is 4.98 Å². The highest BCUT2D eigenvalue weighted by molar-refractivity contribution is 7.91. The van der Waals surface area contributed by atoms with E-state index >= 15 is 0 Å². The van der Waals surface area contributed by atoms with E-state index in [0.29, 0.717) is 24.9 Å². The van der Waals surface area contributed by atoms with E-state index in [-0.39, 0.29) is 44.4 Å². The summed E-state index contributed by atoms with van der Waals surface area (Å²) in [4.78, 5) is 20.4. The Labute approximate surface area is 214 Å². The van der Waals surface area contributed by atoms with Crippen molar-refractivity contribution in [2.24, 2.45) is 0 Å². The summed E-state index contributed by atoms with van der Waals surface area (Å²) in [6.45, 7) is 5.89. The Morgan fingerprint density at radius 2 is 1.97 bits per heavy atom. The minimum Gasteiger partial charge on any atom is -0.335 e. The van der Waals surface area contributed by atoms with E-state index in [0.717, 1.165) is 17.3 Å². The lowest BCUT2D eigenvalue weighted by Gasteiger charge is -2.25. The fourth-order valence-electron chi connectivity index (χ4n) is 4.09. The minimum atomic E-state index is -3.72. The molecule has 3 aromatic rings. The van der Waals surface area contributed by atoms with Gasteiger partial charge in [-0.05, 0) is 54.2 Å². The Hall–Kier alpha value is -3.24. The molecule has 2 heterocycles. The predicted molar refractivity (Wildman–Crippen MR) is 140 cm³/mol. The highest BCUT2D eigenvalue weighted by Gasteiger charge is 2.29. The molecule has 1 aromatic heterocycles. The number of nitrogens with zero attached hydrogens (tertiary/aromatic N) is 2. The van der Waals surface area contributed by atoms with Crippen LogP contribution in [-0.4, -0.2) is 30.0 Å². The number of rotatable bonds is 7. The Balaban J connectivity index is 1.66. The summed E-state index contributed by atoms with van der Waals surface area (Å²) in [5, 5.41) is 8.89. The van der Waals surface area contributed by atoms with Gasteiger partial charge in [-0.15, -0.1) is 0 Å². The van der Waals surface area contributed by atoms with Gasteiger partial charge in [0.2, 0.25) is 11.9 Å². The molecule has 2 aromatic carbocycles. The molecule has 0 fully saturated rings. The molecule has 1 aliphatic rings. The molecule has 0 radical (unpaired) electrons. The van der Waals surface area contributed by atoms with Crippen LogP contribution in [0, 0.1) is 5.82 Å². The number of carbonyl (C=O) groups excluding carboxylic acids is 1.